The lowest BCUT2D eigenvalue weighted by molar-refractivity contribution is -0.132. The van der Waals surface area contributed by atoms with Crippen LogP contribution in [-0.4, -0.2) is 50.1 Å². The zero-order chi connectivity index (χ0) is 20.8. The second-order valence-electron chi connectivity index (χ2n) is 6.53. The number of hydrogen-bond donors (Lipinski definition) is 3. The summed E-state index contributed by atoms with van der Waals surface area (Å²) in [5, 5.41) is 2.49. The molecule has 0 saturated carbocycles. The van der Waals surface area contributed by atoms with Gasteiger partial charge >= 0.3 is 0 Å². The molecule has 0 bridgehead atoms. The molecule has 3 amide bonds. The van der Waals surface area contributed by atoms with E-state index < -0.39 is 34.4 Å². The topological polar surface area (TPSA) is 125 Å². The van der Waals surface area contributed by atoms with E-state index in [0.717, 1.165) is 9.87 Å². The highest BCUT2D eigenvalue weighted by Crippen LogP contribution is 2.14. The van der Waals surface area contributed by atoms with Gasteiger partial charge in [-0.2, -0.15) is 4.31 Å². The third-order valence-corrected chi connectivity index (χ3v) is 5.55. The zero-order valence-electron chi connectivity index (χ0n) is 16.1. The third kappa shape index (κ3) is 6.65. The van der Waals surface area contributed by atoms with Gasteiger partial charge in [0.25, 0.3) is 11.8 Å². The SMILES string of the molecule is CC(=O)N[C@H](C(=O)NNC(=O)CN(C)S(=O)(=O)c1ccc(C)cc1)C(C)C. The quantitative estimate of drug-likeness (QED) is 0.554. The van der Waals surface area contributed by atoms with Gasteiger partial charge in [0.1, 0.15) is 6.04 Å². The fourth-order valence-corrected chi connectivity index (χ4v) is 3.31. The lowest BCUT2D eigenvalue weighted by atomic mass is 10.0. The molecule has 1 rings (SSSR count). The molecule has 3 N–H and O–H groups in total. The lowest BCUT2D eigenvalue weighted by Gasteiger charge is -2.21. The Morgan fingerprint density at radius 3 is 2.11 bits per heavy atom. The van der Waals surface area contributed by atoms with Crippen LogP contribution in [-0.2, 0) is 24.4 Å². The number of carbonyl (C=O) groups is 3. The van der Waals surface area contributed by atoms with Gasteiger partial charge in [-0.05, 0) is 25.0 Å². The van der Waals surface area contributed by atoms with Crippen LogP contribution in [0.25, 0.3) is 0 Å². The van der Waals surface area contributed by atoms with E-state index in [1.807, 2.05) is 6.92 Å². The Balaban J connectivity index is 2.66. The molecular formula is C17H26N4O5S. The van der Waals surface area contributed by atoms with Crippen LogP contribution >= 0.6 is 0 Å². The Bertz CT molecular complexity index is 790. The summed E-state index contributed by atoms with van der Waals surface area (Å²) in [5.74, 6) is -1.89. The van der Waals surface area contributed by atoms with Crippen molar-refractivity contribution in [3.63, 3.8) is 0 Å². The van der Waals surface area contributed by atoms with Gasteiger partial charge in [0.15, 0.2) is 0 Å². The molecule has 0 spiro atoms. The molecule has 0 unspecified atom stereocenters. The summed E-state index contributed by atoms with van der Waals surface area (Å²) in [4.78, 5) is 35.3. The van der Waals surface area contributed by atoms with Crippen LogP contribution in [0.15, 0.2) is 29.2 Å². The molecule has 9 nitrogen and oxygen atoms in total. The average molecular weight is 398 g/mol. The summed E-state index contributed by atoms with van der Waals surface area (Å²) in [6.07, 6.45) is 0. The predicted molar refractivity (Wildman–Crippen MR) is 99.7 cm³/mol. The molecule has 27 heavy (non-hydrogen) atoms. The van der Waals surface area contributed by atoms with Gasteiger partial charge in [-0.1, -0.05) is 31.5 Å². The number of sulfonamides is 1. The summed E-state index contributed by atoms with van der Waals surface area (Å²) >= 11 is 0. The number of carbonyl (C=O) groups excluding carboxylic acids is 3. The number of benzene rings is 1. The molecular weight excluding hydrogens is 372 g/mol. The number of hydrazine groups is 1. The number of likely N-dealkylation sites (N-methyl/N-ethyl adjacent to an activating group) is 1. The number of rotatable bonds is 7. The maximum absolute atomic E-state index is 12.4. The molecule has 0 aliphatic rings. The molecule has 0 heterocycles. The molecule has 1 aromatic rings. The molecule has 1 atom stereocenters. The normalized spacial score (nSPS) is 12.6. The van der Waals surface area contributed by atoms with Crippen LogP contribution in [0.4, 0.5) is 0 Å². The van der Waals surface area contributed by atoms with Crippen LogP contribution in [0, 0.1) is 12.8 Å². The summed E-state index contributed by atoms with van der Waals surface area (Å²) in [6.45, 7) is 6.12. The number of amides is 3. The van der Waals surface area contributed by atoms with E-state index in [0.29, 0.717) is 0 Å². The van der Waals surface area contributed by atoms with Crippen molar-refractivity contribution in [3.05, 3.63) is 29.8 Å². The first-order valence-electron chi connectivity index (χ1n) is 8.34. The third-order valence-electron chi connectivity index (χ3n) is 3.73. The molecule has 150 valence electrons. The summed E-state index contributed by atoms with van der Waals surface area (Å²) in [7, 11) is -2.56. The summed E-state index contributed by atoms with van der Waals surface area (Å²) in [5.41, 5.74) is 5.27. The second kappa shape index (κ2) is 9.47. The average Bonchev–Trinajstić information content (AvgIpc) is 2.57. The summed E-state index contributed by atoms with van der Waals surface area (Å²) < 4.78 is 25.8. The minimum Gasteiger partial charge on any atom is -0.344 e. The molecule has 1 aromatic carbocycles. The monoisotopic (exact) mass is 398 g/mol. The van der Waals surface area contributed by atoms with Crippen LogP contribution in [0.5, 0.6) is 0 Å². The molecule has 0 radical (unpaired) electrons. The maximum atomic E-state index is 12.4. The second-order valence-corrected chi connectivity index (χ2v) is 8.58. The van der Waals surface area contributed by atoms with Crippen molar-refractivity contribution < 1.29 is 22.8 Å². The largest absolute Gasteiger partial charge is 0.344 e. The highest BCUT2D eigenvalue weighted by atomic mass is 32.2. The van der Waals surface area contributed by atoms with Crippen molar-refractivity contribution in [3.8, 4) is 0 Å². The van der Waals surface area contributed by atoms with Crippen LogP contribution < -0.4 is 16.2 Å². The Labute approximate surface area is 159 Å². The number of nitrogens with one attached hydrogen (secondary N) is 3. The van der Waals surface area contributed by atoms with Crippen LogP contribution in [0.1, 0.15) is 26.3 Å². The molecule has 10 heteroatoms. The maximum Gasteiger partial charge on any atom is 0.261 e. The fourth-order valence-electron chi connectivity index (χ4n) is 2.18. The minimum atomic E-state index is -3.83. The van der Waals surface area contributed by atoms with Crippen molar-refractivity contribution in [1.29, 1.82) is 0 Å². The first-order valence-corrected chi connectivity index (χ1v) is 9.78. The van der Waals surface area contributed by atoms with Gasteiger partial charge in [0, 0.05) is 14.0 Å². The van der Waals surface area contributed by atoms with Gasteiger partial charge in [-0.3, -0.25) is 25.2 Å². The number of aryl methyl sites for hydroxylation is 1. The lowest BCUT2D eigenvalue weighted by Crippen LogP contribution is -2.55. The molecule has 0 aromatic heterocycles. The minimum absolute atomic E-state index is 0.0676. The Morgan fingerprint density at radius 2 is 1.63 bits per heavy atom. The van der Waals surface area contributed by atoms with E-state index in [9.17, 15) is 22.8 Å². The van der Waals surface area contributed by atoms with Gasteiger partial charge < -0.3 is 5.32 Å². The van der Waals surface area contributed by atoms with E-state index >= 15 is 0 Å². The molecule has 0 saturated heterocycles. The molecule has 0 aliphatic carbocycles. The first-order chi connectivity index (χ1) is 12.4. The van der Waals surface area contributed by atoms with Crippen molar-refractivity contribution in [2.45, 2.75) is 38.6 Å². The van der Waals surface area contributed by atoms with E-state index in [-0.39, 0.29) is 16.7 Å². The highest BCUT2D eigenvalue weighted by molar-refractivity contribution is 7.89. The molecule has 0 aliphatic heterocycles. The van der Waals surface area contributed by atoms with Crippen molar-refractivity contribution in [2.75, 3.05) is 13.6 Å². The van der Waals surface area contributed by atoms with Crippen molar-refractivity contribution in [2.24, 2.45) is 5.92 Å². The van der Waals surface area contributed by atoms with E-state index in [1.54, 1.807) is 26.0 Å². The fraction of sp³-hybridized carbons (Fsp3) is 0.471. The van der Waals surface area contributed by atoms with Crippen LogP contribution in [0.2, 0.25) is 0 Å². The Kier molecular flexibility index (Phi) is 7.92. The molecule has 0 fully saturated rings. The van der Waals surface area contributed by atoms with Crippen molar-refractivity contribution >= 4 is 27.7 Å². The van der Waals surface area contributed by atoms with Gasteiger partial charge in [0.05, 0.1) is 11.4 Å². The van der Waals surface area contributed by atoms with E-state index in [4.69, 9.17) is 0 Å². The van der Waals surface area contributed by atoms with E-state index in [2.05, 4.69) is 16.2 Å². The number of hydrogen-bond acceptors (Lipinski definition) is 5. The number of nitrogens with zero attached hydrogens (tertiary/aromatic N) is 1. The van der Waals surface area contributed by atoms with Gasteiger partial charge in [-0.15, -0.1) is 0 Å². The highest BCUT2D eigenvalue weighted by Gasteiger charge is 2.25. The standard InChI is InChI=1S/C17H26N4O5S/c1-11(2)16(18-13(4)22)17(24)20-19-15(23)10-21(5)27(25,26)14-8-6-12(3)7-9-14/h6-9,11,16H,10H2,1-5H3,(H,18,22)(H,19,23)(H,20,24)/t16-/m0/s1. The van der Waals surface area contributed by atoms with E-state index in [1.165, 1.54) is 26.1 Å². The van der Waals surface area contributed by atoms with Crippen LogP contribution in [0.3, 0.4) is 0 Å². The Hall–Kier alpha value is -2.46. The van der Waals surface area contributed by atoms with Gasteiger partial charge in [0.2, 0.25) is 15.9 Å². The first kappa shape index (κ1) is 22.6. The van der Waals surface area contributed by atoms with Crippen molar-refractivity contribution in [1.82, 2.24) is 20.5 Å². The Morgan fingerprint density at radius 1 is 1.07 bits per heavy atom. The zero-order valence-corrected chi connectivity index (χ0v) is 16.9. The smallest absolute Gasteiger partial charge is 0.261 e. The predicted octanol–water partition coefficient (Wildman–Crippen LogP) is -0.0764. The van der Waals surface area contributed by atoms with Gasteiger partial charge in [-0.25, -0.2) is 8.42 Å². The summed E-state index contributed by atoms with van der Waals surface area (Å²) in [6, 6.07) is 5.42.